The molecule has 0 aromatic heterocycles. The van der Waals surface area contributed by atoms with Crippen LogP contribution in [0.1, 0.15) is 29.8 Å². The molecular formula is C14H19BrN2O. The number of hydrogen-bond donors (Lipinski definition) is 1. The lowest BCUT2D eigenvalue weighted by molar-refractivity contribution is 0.0673. The zero-order valence-electron chi connectivity index (χ0n) is 11.0. The highest BCUT2D eigenvalue weighted by Gasteiger charge is 2.26. The van der Waals surface area contributed by atoms with Crippen molar-refractivity contribution in [1.29, 1.82) is 0 Å². The highest BCUT2D eigenvalue weighted by Crippen LogP contribution is 2.19. The second kappa shape index (κ2) is 5.41. The van der Waals surface area contributed by atoms with E-state index in [4.69, 9.17) is 0 Å². The van der Waals surface area contributed by atoms with E-state index in [1.807, 2.05) is 30.0 Å². The van der Waals surface area contributed by atoms with Crippen LogP contribution in [0, 0.1) is 6.92 Å². The molecule has 1 aromatic rings. The highest BCUT2D eigenvalue weighted by molar-refractivity contribution is 9.10. The molecule has 1 N–H and O–H groups in total. The van der Waals surface area contributed by atoms with Crippen LogP contribution in [-0.2, 0) is 0 Å². The lowest BCUT2D eigenvalue weighted by Crippen LogP contribution is -2.55. The van der Waals surface area contributed by atoms with Crippen molar-refractivity contribution in [3.05, 3.63) is 33.8 Å². The predicted octanol–water partition coefficient (Wildman–Crippen LogP) is 2.58. The van der Waals surface area contributed by atoms with E-state index in [1.165, 1.54) is 0 Å². The van der Waals surface area contributed by atoms with Gasteiger partial charge in [0.1, 0.15) is 0 Å². The first-order valence-electron chi connectivity index (χ1n) is 6.29. The zero-order valence-corrected chi connectivity index (χ0v) is 12.6. The Bertz CT molecular complexity index is 451. The minimum atomic E-state index is 0.133. The molecule has 3 nitrogen and oxygen atoms in total. The molecule has 18 heavy (non-hydrogen) atoms. The van der Waals surface area contributed by atoms with Crippen LogP contribution in [-0.4, -0.2) is 36.0 Å². The maximum Gasteiger partial charge on any atom is 0.254 e. The molecule has 1 aromatic carbocycles. The fourth-order valence-corrected chi connectivity index (χ4v) is 2.85. The molecule has 0 spiro atoms. The fraction of sp³-hybridized carbons (Fsp3) is 0.500. The molecule has 0 saturated carbocycles. The summed E-state index contributed by atoms with van der Waals surface area (Å²) in [4.78, 5) is 14.5. The largest absolute Gasteiger partial charge is 0.336 e. The van der Waals surface area contributed by atoms with Gasteiger partial charge in [0.05, 0.1) is 0 Å². The summed E-state index contributed by atoms with van der Waals surface area (Å²) in [6.45, 7) is 7.76. The molecule has 1 aliphatic rings. The molecule has 2 atom stereocenters. The molecule has 4 heteroatoms. The van der Waals surface area contributed by atoms with E-state index in [0.717, 1.165) is 28.7 Å². The van der Waals surface area contributed by atoms with Gasteiger partial charge in [0.25, 0.3) is 5.91 Å². The average Bonchev–Trinajstić information content (AvgIpc) is 2.30. The third-order valence-corrected chi connectivity index (χ3v) is 3.77. The van der Waals surface area contributed by atoms with Gasteiger partial charge in [0, 0.05) is 35.2 Å². The van der Waals surface area contributed by atoms with E-state index in [1.54, 1.807) is 0 Å². The Kier molecular flexibility index (Phi) is 4.07. The topological polar surface area (TPSA) is 32.3 Å². The van der Waals surface area contributed by atoms with Gasteiger partial charge in [0.2, 0.25) is 0 Å². The lowest BCUT2D eigenvalue weighted by atomic mass is 10.1. The van der Waals surface area contributed by atoms with Crippen molar-refractivity contribution in [3.63, 3.8) is 0 Å². The van der Waals surface area contributed by atoms with Gasteiger partial charge in [-0.2, -0.15) is 0 Å². The van der Waals surface area contributed by atoms with Crippen LogP contribution in [0.3, 0.4) is 0 Å². The third-order valence-electron chi connectivity index (χ3n) is 3.27. The Labute approximate surface area is 117 Å². The molecule has 1 fully saturated rings. The summed E-state index contributed by atoms with van der Waals surface area (Å²) in [7, 11) is 0. The van der Waals surface area contributed by atoms with Crippen LogP contribution in [0.5, 0.6) is 0 Å². The lowest BCUT2D eigenvalue weighted by Gasteiger charge is -2.36. The Balaban J connectivity index is 2.22. The first-order valence-corrected chi connectivity index (χ1v) is 7.08. The van der Waals surface area contributed by atoms with Crippen molar-refractivity contribution in [3.8, 4) is 0 Å². The van der Waals surface area contributed by atoms with Gasteiger partial charge in [-0.15, -0.1) is 0 Å². The summed E-state index contributed by atoms with van der Waals surface area (Å²) in [5.74, 6) is 0.133. The first-order chi connectivity index (χ1) is 8.47. The summed E-state index contributed by atoms with van der Waals surface area (Å²) in [5, 5.41) is 3.44. The van der Waals surface area contributed by atoms with Gasteiger partial charge in [-0.25, -0.2) is 0 Å². The van der Waals surface area contributed by atoms with Crippen molar-refractivity contribution < 1.29 is 4.79 Å². The molecule has 1 saturated heterocycles. The molecule has 2 unspecified atom stereocenters. The normalized spacial score (nSPS) is 24.1. The Hall–Kier alpha value is -0.870. The summed E-state index contributed by atoms with van der Waals surface area (Å²) < 4.78 is 0.952. The molecule has 0 bridgehead atoms. The Morgan fingerprint density at radius 3 is 2.56 bits per heavy atom. The number of nitrogens with one attached hydrogen (secondary N) is 1. The molecule has 0 radical (unpaired) electrons. The van der Waals surface area contributed by atoms with E-state index in [9.17, 15) is 4.79 Å². The number of rotatable bonds is 1. The van der Waals surface area contributed by atoms with Gasteiger partial charge >= 0.3 is 0 Å². The van der Waals surface area contributed by atoms with E-state index in [2.05, 4.69) is 35.1 Å². The van der Waals surface area contributed by atoms with E-state index >= 15 is 0 Å². The van der Waals surface area contributed by atoms with E-state index < -0.39 is 0 Å². The summed E-state index contributed by atoms with van der Waals surface area (Å²) in [5.41, 5.74) is 1.83. The van der Waals surface area contributed by atoms with Gasteiger partial charge in [-0.05, 0) is 38.5 Å². The summed E-state index contributed by atoms with van der Waals surface area (Å²) in [6, 6.07) is 6.56. The van der Waals surface area contributed by atoms with E-state index in [0.29, 0.717) is 12.1 Å². The third kappa shape index (κ3) is 2.93. The van der Waals surface area contributed by atoms with Crippen molar-refractivity contribution in [2.24, 2.45) is 0 Å². The monoisotopic (exact) mass is 310 g/mol. The zero-order chi connectivity index (χ0) is 13.3. The number of halogens is 1. The van der Waals surface area contributed by atoms with Crippen LogP contribution in [0.15, 0.2) is 22.7 Å². The van der Waals surface area contributed by atoms with Gasteiger partial charge in [-0.1, -0.05) is 22.0 Å². The van der Waals surface area contributed by atoms with Gasteiger partial charge in [0.15, 0.2) is 0 Å². The quantitative estimate of drug-likeness (QED) is 0.864. The van der Waals surface area contributed by atoms with Crippen molar-refractivity contribution in [2.75, 3.05) is 13.1 Å². The first kappa shape index (κ1) is 13.6. The number of carbonyl (C=O) groups excluding carboxylic acids is 1. The maximum absolute atomic E-state index is 12.5. The number of piperazine rings is 1. The minimum absolute atomic E-state index is 0.133. The molecule has 0 aliphatic carbocycles. The number of amides is 1. The van der Waals surface area contributed by atoms with Crippen molar-refractivity contribution >= 4 is 21.8 Å². The molecule has 2 rings (SSSR count). The number of carbonyl (C=O) groups is 1. The predicted molar refractivity (Wildman–Crippen MR) is 76.8 cm³/mol. The second-order valence-electron chi connectivity index (χ2n) is 5.14. The van der Waals surface area contributed by atoms with Crippen molar-refractivity contribution in [1.82, 2.24) is 10.2 Å². The molecule has 98 valence electrons. The Morgan fingerprint density at radius 2 is 1.94 bits per heavy atom. The summed E-state index contributed by atoms with van der Waals surface area (Å²) >= 11 is 3.43. The molecule has 1 aliphatic heterocycles. The van der Waals surface area contributed by atoms with Crippen LogP contribution in [0.4, 0.5) is 0 Å². The highest BCUT2D eigenvalue weighted by atomic mass is 79.9. The summed E-state index contributed by atoms with van der Waals surface area (Å²) in [6.07, 6.45) is 0. The van der Waals surface area contributed by atoms with Gasteiger partial charge < -0.3 is 10.2 Å². The molecule has 1 amide bonds. The number of hydrogen-bond acceptors (Lipinski definition) is 2. The number of nitrogens with zero attached hydrogens (tertiary/aromatic N) is 1. The number of aryl methyl sites for hydroxylation is 1. The average molecular weight is 311 g/mol. The van der Waals surface area contributed by atoms with Crippen molar-refractivity contribution in [2.45, 2.75) is 32.9 Å². The second-order valence-corrected chi connectivity index (χ2v) is 6.05. The fourth-order valence-electron chi connectivity index (χ4n) is 2.49. The van der Waals surface area contributed by atoms with Crippen LogP contribution in [0.25, 0.3) is 0 Å². The van der Waals surface area contributed by atoms with Crippen LogP contribution < -0.4 is 5.32 Å². The number of benzene rings is 1. The minimum Gasteiger partial charge on any atom is -0.336 e. The molecule has 1 heterocycles. The maximum atomic E-state index is 12.5. The Morgan fingerprint density at radius 1 is 1.33 bits per heavy atom. The van der Waals surface area contributed by atoms with Gasteiger partial charge in [-0.3, -0.25) is 4.79 Å². The van der Waals surface area contributed by atoms with Crippen LogP contribution in [0.2, 0.25) is 0 Å². The smallest absolute Gasteiger partial charge is 0.254 e. The standard InChI is InChI=1S/C14H19BrN2O/c1-9-4-5-12(15)6-13(9)14(18)17-7-10(2)16-11(3)8-17/h4-6,10-11,16H,7-8H2,1-3H3. The van der Waals surface area contributed by atoms with Crippen LogP contribution >= 0.6 is 15.9 Å². The SMILES string of the molecule is Cc1ccc(Br)cc1C(=O)N1CC(C)NC(C)C1. The van der Waals surface area contributed by atoms with E-state index in [-0.39, 0.29) is 5.91 Å². The molecular weight excluding hydrogens is 292 g/mol.